The molecule has 8 heteroatoms. The summed E-state index contributed by atoms with van der Waals surface area (Å²) in [6.45, 7) is 3.68. The van der Waals surface area contributed by atoms with Gasteiger partial charge in [-0.25, -0.2) is 4.79 Å². The van der Waals surface area contributed by atoms with Gasteiger partial charge >= 0.3 is 5.97 Å². The first-order valence-electron chi connectivity index (χ1n) is 14.3. The number of carbonyl (C=O) groups excluding carboxylic acids is 2. The van der Waals surface area contributed by atoms with Gasteiger partial charge in [-0.1, -0.05) is 24.6 Å². The average Bonchev–Trinajstić information content (AvgIpc) is 3.42. The number of rotatable bonds is 9. The Hall–Kier alpha value is -4.66. The molecule has 5 aromatic rings. The Morgan fingerprint density at radius 1 is 0.791 bits per heavy atom. The van der Waals surface area contributed by atoms with Gasteiger partial charge in [0.25, 0.3) is 0 Å². The van der Waals surface area contributed by atoms with E-state index < -0.39 is 5.97 Å². The van der Waals surface area contributed by atoms with Crippen LogP contribution in [0.2, 0.25) is 0 Å². The fourth-order valence-electron chi connectivity index (χ4n) is 5.35. The van der Waals surface area contributed by atoms with Gasteiger partial charge in [-0.3, -0.25) is 9.69 Å². The zero-order valence-corrected chi connectivity index (χ0v) is 24.3. The number of esters is 1. The lowest BCUT2D eigenvalue weighted by molar-refractivity contribution is 0.0734. The molecule has 0 atom stereocenters. The minimum absolute atomic E-state index is 0.0916. The number of piperidine rings is 1. The van der Waals surface area contributed by atoms with E-state index >= 15 is 0 Å². The molecule has 1 aliphatic rings. The number of aromatic hydroxyl groups is 2. The third kappa shape index (κ3) is 6.40. The number of nitrogens with zero attached hydrogens (tertiary/aromatic N) is 1. The number of hydrogen-bond acceptors (Lipinski definition) is 8. The van der Waals surface area contributed by atoms with Crippen molar-refractivity contribution in [3.05, 3.63) is 108 Å². The van der Waals surface area contributed by atoms with Crippen molar-refractivity contribution in [1.82, 2.24) is 4.90 Å². The van der Waals surface area contributed by atoms with Crippen molar-refractivity contribution in [1.29, 1.82) is 0 Å². The first-order valence-corrected chi connectivity index (χ1v) is 15.1. The zero-order chi connectivity index (χ0) is 29.8. The lowest BCUT2D eigenvalue weighted by atomic mass is 9.97. The highest BCUT2D eigenvalue weighted by atomic mass is 32.1. The molecule has 1 fully saturated rings. The lowest BCUT2D eigenvalue weighted by Gasteiger charge is -2.26. The maximum Gasteiger partial charge on any atom is 0.343 e. The van der Waals surface area contributed by atoms with Crippen molar-refractivity contribution < 1.29 is 29.3 Å². The van der Waals surface area contributed by atoms with Crippen LogP contribution in [0.3, 0.4) is 0 Å². The number of hydrogen-bond donors (Lipinski definition) is 2. The van der Waals surface area contributed by atoms with Crippen LogP contribution in [0.25, 0.3) is 20.5 Å². The minimum Gasteiger partial charge on any atom is -0.508 e. The first kappa shape index (κ1) is 28.5. The lowest BCUT2D eigenvalue weighted by Crippen LogP contribution is -2.33. The van der Waals surface area contributed by atoms with Crippen molar-refractivity contribution in [2.75, 3.05) is 26.2 Å². The smallest absolute Gasteiger partial charge is 0.343 e. The number of likely N-dealkylation sites (tertiary alicyclic amines) is 1. The molecule has 0 radical (unpaired) electrons. The molecule has 0 bridgehead atoms. The van der Waals surface area contributed by atoms with Gasteiger partial charge in [0.1, 0.15) is 29.6 Å². The van der Waals surface area contributed by atoms with Crippen molar-refractivity contribution in [3.63, 3.8) is 0 Å². The fourth-order valence-corrected chi connectivity index (χ4v) is 6.61. The number of thiophene rings is 1. The van der Waals surface area contributed by atoms with Gasteiger partial charge in [0.05, 0.1) is 11.1 Å². The zero-order valence-electron chi connectivity index (χ0n) is 23.5. The topological polar surface area (TPSA) is 96.3 Å². The molecular weight excluding hydrogens is 562 g/mol. The van der Waals surface area contributed by atoms with Gasteiger partial charge in [-0.05, 0) is 98.2 Å². The highest BCUT2D eigenvalue weighted by Gasteiger charge is 2.24. The van der Waals surface area contributed by atoms with Crippen LogP contribution < -0.4 is 9.47 Å². The van der Waals surface area contributed by atoms with Crippen LogP contribution in [-0.4, -0.2) is 53.1 Å². The monoisotopic (exact) mass is 593 g/mol. The van der Waals surface area contributed by atoms with Crippen molar-refractivity contribution in [2.45, 2.75) is 19.3 Å². The highest BCUT2D eigenvalue weighted by Crippen LogP contribution is 2.45. The minimum atomic E-state index is -0.467. The molecule has 1 aromatic heterocycles. The van der Waals surface area contributed by atoms with Crippen LogP contribution in [0.5, 0.6) is 23.0 Å². The largest absolute Gasteiger partial charge is 0.508 e. The quantitative estimate of drug-likeness (QED) is 0.105. The normalized spacial score (nSPS) is 13.6. The molecule has 6 rings (SSSR count). The summed E-state index contributed by atoms with van der Waals surface area (Å²) in [4.78, 5) is 29.5. The van der Waals surface area contributed by atoms with E-state index in [1.165, 1.54) is 42.7 Å². The van der Waals surface area contributed by atoms with Gasteiger partial charge in [0.15, 0.2) is 5.78 Å². The molecule has 7 nitrogen and oxygen atoms in total. The SMILES string of the molecule is O=C(Oc1ccc(-c2sc3cc(O)cc(O)c3c2C(=O)c2ccc(OCCN3CCCCC3)cc2)cc1)c1ccccc1. The van der Waals surface area contributed by atoms with Gasteiger partial charge in [0, 0.05) is 33.1 Å². The van der Waals surface area contributed by atoms with Crippen LogP contribution in [-0.2, 0) is 0 Å². The Balaban J connectivity index is 1.25. The third-order valence-corrected chi connectivity index (χ3v) is 8.75. The van der Waals surface area contributed by atoms with Crippen molar-refractivity contribution >= 4 is 33.2 Å². The molecule has 0 aliphatic carbocycles. The molecule has 1 aliphatic heterocycles. The summed E-state index contributed by atoms with van der Waals surface area (Å²) >= 11 is 1.29. The Labute approximate surface area is 253 Å². The van der Waals surface area contributed by atoms with E-state index in [4.69, 9.17) is 9.47 Å². The first-order chi connectivity index (χ1) is 21.0. The second-order valence-corrected chi connectivity index (χ2v) is 11.6. The van der Waals surface area contributed by atoms with E-state index in [-0.39, 0.29) is 17.3 Å². The molecule has 0 spiro atoms. The van der Waals surface area contributed by atoms with Gasteiger partial charge in [-0.15, -0.1) is 11.3 Å². The molecule has 2 heterocycles. The Kier molecular flexibility index (Phi) is 8.40. The van der Waals surface area contributed by atoms with Gasteiger partial charge in [-0.2, -0.15) is 0 Å². The number of phenols is 2. The van der Waals surface area contributed by atoms with E-state index in [0.717, 1.165) is 19.6 Å². The molecule has 0 unspecified atom stereocenters. The maximum absolute atomic E-state index is 14.0. The third-order valence-electron chi connectivity index (χ3n) is 7.56. The molecule has 0 amide bonds. The number of carbonyl (C=O) groups is 2. The Morgan fingerprint density at radius 2 is 1.49 bits per heavy atom. The second-order valence-electron chi connectivity index (χ2n) is 10.5. The summed E-state index contributed by atoms with van der Waals surface area (Å²) in [5.74, 6) is 0.0605. The summed E-state index contributed by atoms with van der Waals surface area (Å²) in [6, 6.07) is 25.4. The fraction of sp³-hybridized carbons (Fsp3) is 0.200. The number of fused-ring (bicyclic) bond motifs is 1. The van der Waals surface area contributed by atoms with Gasteiger partial charge < -0.3 is 19.7 Å². The number of benzene rings is 4. The number of phenolic OH excluding ortho intramolecular Hbond substituents is 2. The molecule has 1 saturated heterocycles. The molecular formula is C35H31NO6S. The van der Waals surface area contributed by atoms with Crippen molar-refractivity contribution in [2.24, 2.45) is 0 Å². The second kappa shape index (κ2) is 12.7. The van der Waals surface area contributed by atoms with Crippen molar-refractivity contribution in [3.8, 4) is 33.4 Å². The number of ether oxygens (including phenoxy) is 2. The number of ketones is 1. The summed E-state index contributed by atoms with van der Waals surface area (Å²) in [5, 5.41) is 21.3. The standard InChI is InChI=1S/C35H31NO6S/c37-26-21-29(38)31-30(22-26)43-34(24-11-15-28(16-12-24)42-35(40)25-7-3-1-4-8-25)32(31)33(39)23-9-13-27(14-10-23)41-20-19-36-17-5-2-6-18-36/h1,3-4,7-16,21-22,37-38H,2,5-6,17-20H2. The molecule has 218 valence electrons. The van der Waals surface area contributed by atoms with Crippen LogP contribution in [0.1, 0.15) is 45.5 Å². The Morgan fingerprint density at radius 3 is 2.21 bits per heavy atom. The molecule has 2 N–H and O–H groups in total. The summed E-state index contributed by atoms with van der Waals surface area (Å²) < 4.78 is 12.0. The summed E-state index contributed by atoms with van der Waals surface area (Å²) in [5.41, 5.74) is 1.94. The summed E-state index contributed by atoms with van der Waals surface area (Å²) in [7, 11) is 0. The van der Waals surface area contributed by atoms with Gasteiger partial charge in [0.2, 0.25) is 0 Å². The molecule has 43 heavy (non-hydrogen) atoms. The maximum atomic E-state index is 14.0. The van der Waals surface area contributed by atoms with E-state index in [1.807, 2.05) is 6.07 Å². The van der Waals surface area contributed by atoms with Crippen LogP contribution >= 0.6 is 11.3 Å². The predicted octanol–water partition coefficient (Wildman–Crippen LogP) is 7.29. The van der Waals surface area contributed by atoms with E-state index in [9.17, 15) is 19.8 Å². The molecule has 0 saturated carbocycles. The predicted molar refractivity (Wildman–Crippen MR) is 168 cm³/mol. The average molecular weight is 594 g/mol. The van der Waals surface area contributed by atoms with Crippen LogP contribution in [0.15, 0.2) is 91.0 Å². The van der Waals surface area contributed by atoms with Crippen LogP contribution in [0.4, 0.5) is 0 Å². The summed E-state index contributed by atoms with van der Waals surface area (Å²) in [6.07, 6.45) is 3.76. The van der Waals surface area contributed by atoms with Crippen LogP contribution in [0, 0.1) is 0 Å². The highest BCUT2D eigenvalue weighted by molar-refractivity contribution is 7.23. The van der Waals surface area contributed by atoms with E-state index in [1.54, 1.807) is 72.8 Å². The Bertz CT molecular complexity index is 1740. The van der Waals surface area contributed by atoms with E-state index in [2.05, 4.69) is 4.90 Å². The van der Waals surface area contributed by atoms with E-state index in [0.29, 0.717) is 55.3 Å². The molecule has 4 aromatic carbocycles.